The van der Waals surface area contributed by atoms with Crippen LogP contribution in [0.5, 0.6) is 0 Å². The molecule has 2 atom stereocenters. The Morgan fingerprint density at radius 1 is 0.809 bits per heavy atom. The van der Waals surface area contributed by atoms with Gasteiger partial charge in [0.05, 0.1) is 52.1 Å². The number of anilines is 4. The third-order valence-corrected chi connectivity index (χ3v) is 9.19. The molecular weight excluding hydrogens is 596 g/mol. The molecule has 1 aromatic carbocycles. The van der Waals surface area contributed by atoms with Crippen molar-refractivity contribution in [1.82, 2.24) is 38.9 Å². The van der Waals surface area contributed by atoms with Crippen LogP contribution in [0.2, 0.25) is 0 Å². The largest absolute Gasteiger partial charge is 0.397 e. The summed E-state index contributed by atoms with van der Waals surface area (Å²) < 4.78 is 4.78. The Kier molecular flexibility index (Phi) is 6.33. The number of hydrogen-bond acceptors (Lipinski definition) is 11. The van der Waals surface area contributed by atoms with E-state index < -0.39 is 0 Å². The SMILES string of the molecule is Cc1c(-c2cc3ncn(C)c(=O)c3c(NC3CC3)n2)c(C2CC2Nc2nc(-c3ccc(N)c(N)c3)cc3ncn(C)c(=O)c23)nn1C. The second kappa shape index (κ2) is 10.4. The van der Waals surface area contributed by atoms with E-state index in [0.29, 0.717) is 62.2 Å². The quantitative estimate of drug-likeness (QED) is 0.190. The van der Waals surface area contributed by atoms with Gasteiger partial charge in [0, 0.05) is 56.0 Å². The van der Waals surface area contributed by atoms with Crippen LogP contribution in [-0.4, -0.2) is 50.9 Å². The molecule has 2 aliphatic rings. The first kappa shape index (κ1) is 28.7. The number of aryl methyl sites for hydroxylation is 3. The van der Waals surface area contributed by atoms with Gasteiger partial charge in [0.15, 0.2) is 0 Å². The predicted octanol–water partition coefficient (Wildman–Crippen LogP) is 3.05. The Bertz CT molecular complexity index is 2390. The van der Waals surface area contributed by atoms with E-state index in [1.165, 1.54) is 21.8 Å². The van der Waals surface area contributed by atoms with Crippen molar-refractivity contribution < 1.29 is 0 Å². The molecule has 2 saturated carbocycles. The smallest absolute Gasteiger partial charge is 0.264 e. The Balaban J connectivity index is 1.19. The van der Waals surface area contributed by atoms with Crippen molar-refractivity contribution in [2.75, 3.05) is 22.1 Å². The lowest BCUT2D eigenvalue weighted by molar-refractivity contribution is 0.720. The summed E-state index contributed by atoms with van der Waals surface area (Å²) in [6, 6.07) is 9.26. The maximum atomic E-state index is 13.3. The molecule has 0 spiro atoms. The van der Waals surface area contributed by atoms with E-state index in [4.69, 9.17) is 26.5 Å². The van der Waals surface area contributed by atoms with Gasteiger partial charge in [-0.05, 0) is 50.5 Å². The van der Waals surface area contributed by atoms with E-state index in [-0.39, 0.29) is 23.1 Å². The van der Waals surface area contributed by atoms with Crippen molar-refractivity contribution >= 4 is 44.8 Å². The van der Waals surface area contributed by atoms with Gasteiger partial charge in [0.2, 0.25) is 0 Å². The average Bonchev–Trinajstić information content (AvgIpc) is 3.98. The number of nitrogens with two attached hydrogens (primary N) is 2. The van der Waals surface area contributed by atoms with Crippen molar-refractivity contribution in [2.45, 2.75) is 44.2 Å². The molecule has 0 amide bonds. The molecule has 238 valence electrons. The van der Waals surface area contributed by atoms with Crippen LogP contribution in [0.4, 0.5) is 23.0 Å². The summed E-state index contributed by atoms with van der Waals surface area (Å²) in [7, 11) is 5.28. The lowest BCUT2D eigenvalue weighted by Gasteiger charge is -2.13. The fourth-order valence-corrected chi connectivity index (χ4v) is 6.13. The first-order chi connectivity index (χ1) is 22.6. The number of hydrogen-bond donors (Lipinski definition) is 4. The normalized spacial score (nSPS) is 17.4. The van der Waals surface area contributed by atoms with Gasteiger partial charge in [-0.1, -0.05) is 6.07 Å². The van der Waals surface area contributed by atoms with Gasteiger partial charge < -0.3 is 31.2 Å². The van der Waals surface area contributed by atoms with E-state index in [1.54, 1.807) is 32.3 Å². The summed E-state index contributed by atoms with van der Waals surface area (Å²) in [6.45, 7) is 2.01. The highest BCUT2D eigenvalue weighted by molar-refractivity contribution is 5.93. The molecule has 14 heteroatoms. The van der Waals surface area contributed by atoms with Crippen LogP contribution in [0.15, 0.2) is 52.6 Å². The number of fused-ring (bicyclic) bond motifs is 2. The Labute approximate surface area is 268 Å². The second-order valence-electron chi connectivity index (χ2n) is 12.6. The maximum Gasteiger partial charge on any atom is 0.264 e. The van der Waals surface area contributed by atoms with E-state index in [2.05, 4.69) is 20.6 Å². The van der Waals surface area contributed by atoms with Crippen molar-refractivity contribution in [3.63, 3.8) is 0 Å². The van der Waals surface area contributed by atoms with E-state index in [0.717, 1.165) is 41.8 Å². The van der Waals surface area contributed by atoms with Gasteiger partial charge in [-0.25, -0.2) is 19.9 Å². The molecule has 8 rings (SSSR count). The molecule has 5 aromatic heterocycles. The number of nitrogens with zero attached hydrogens (tertiary/aromatic N) is 8. The highest BCUT2D eigenvalue weighted by Crippen LogP contribution is 2.47. The summed E-state index contributed by atoms with van der Waals surface area (Å²) in [5, 5.41) is 12.8. The number of benzene rings is 1. The predicted molar refractivity (Wildman–Crippen MR) is 182 cm³/mol. The fourth-order valence-electron chi connectivity index (χ4n) is 6.13. The summed E-state index contributed by atoms with van der Waals surface area (Å²) >= 11 is 0. The molecule has 47 heavy (non-hydrogen) atoms. The molecule has 14 nitrogen and oxygen atoms in total. The number of nitrogens with one attached hydrogen (secondary N) is 2. The zero-order valence-corrected chi connectivity index (χ0v) is 26.4. The Hall–Kier alpha value is -5.79. The van der Waals surface area contributed by atoms with E-state index in [9.17, 15) is 9.59 Å². The van der Waals surface area contributed by atoms with Crippen LogP contribution in [-0.2, 0) is 21.1 Å². The highest BCUT2D eigenvalue weighted by Gasteiger charge is 2.43. The third kappa shape index (κ3) is 4.83. The monoisotopic (exact) mass is 630 g/mol. The highest BCUT2D eigenvalue weighted by atomic mass is 16.1. The minimum atomic E-state index is -0.199. The molecule has 2 unspecified atom stereocenters. The van der Waals surface area contributed by atoms with Gasteiger partial charge >= 0.3 is 0 Å². The van der Waals surface area contributed by atoms with Crippen molar-refractivity contribution in [3.8, 4) is 22.5 Å². The lowest BCUT2D eigenvalue weighted by atomic mass is 10.0. The van der Waals surface area contributed by atoms with Crippen LogP contribution in [0.25, 0.3) is 44.3 Å². The molecule has 6 aromatic rings. The molecule has 2 fully saturated rings. The zero-order chi connectivity index (χ0) is 32.7. The van der Waals surface area contributed by atoms with Crippen LogP contribution in [0.1, 0.15) is 36.6 Å². The fraction of sp³-hybridized carbons (Fsp3) is 0.303. The van der Waals surface area contributed by atoms with Crippen LogP contribution < -0.4 is 33.2 Å². The minimum Gasteiger partial charge on any atom is -0.397 e. The summed E-state index contributed by atoms with van der Waals surface area (Å²) in [6.07, 6.45) is 5.89. The van der Waals surface area contributed by atoms with Crippen molar-refractivity contribution in [2.24, 2.45) is 21.1 Å². The van der Waals surface area contributed by atoms with Crippen LogP contribution in [0.3, 0.4) is 0 Å². The molecular formula is C33H34N12O2. The second-order valence-corrected chi connectivity index (χ2v) is 12.6. The molecule has 0 aliphatic heterocycles. The molecule has 0 saturated heterocycles. The van der Waals surface area contributed by atoms with Gasteiger partial charge in [-0.15, -0.1) is 0 Å². The Morgan fingerprint density at radius 2 is 1.43 bits per heavy atom. The molecule has 2 aliphatic carbocycles. The molecule has 6 N–H and O–H groups in total. The van der Waals surface area contributed by atoms with E-state index in [1.807, 2.05) is 30.8 Å². The molecule has 0 radical (unpaired) electrons. The number of pyridine rings is 2. The zero-order valence-electron chi connectivity index (χ0n) is 26.4. The van der Waals surface area contributed by atoms with Crippen LogP contribution in [0, 0.1) is 6.92 Å². The number of nitrogen functional groups attached to an aromatic ring is 2. The lowest BCUT2D eigenvalue weighted by Crippen LogP contribution is -2.20. The standard InChI is InChI=1S/C33H34N12O2/c1-15-26(25-12-24-27(32(46)43(2)14-37-24)30(41-25)38-17-6-7-17)29(42-45(15)4)18-10-22(18)40-31-28-23(36-13-44(3)33(28)47)11-21(39-31)16-5-8-19(34)20(35)9-16/h5,8-9,11-14,17-18,22H,6-7,10,34-35H2,1-4H3,(H,38,41)(H,39,40). The van der Waals surface area contributed by atoms with Gasteiger partial charge in [0.25, 0.3) is 11.1 Å². The summed E-state index contributed by atoms with van der Waals surface area (Å²) in [5.41, 5.74) is 18.6. The van der Waals surface area contributed by atoms with E-state index >= 15 is 0 Å². The topological polar surface area (TPSA) is 189 Å². The summed E-state index contributed by atoms with van der Waals surface area (Å²) in [4.78, 5) is 45.5. The van der Waals surface area contributed by atoms with Gasteiger partial charge in [-0.3, -0.25) is 14.3 Å². The first-order valence-corrected chi connectivity index (χ1v) is 15.5. The van der Waals surface area contributed by atoms with Gasteiger partial charge in [-0.2, -0.15) is 5.10 Å². The first-order valence-electron chi connectivity index (χ1n) is 15.5. The minimum absolute atomic E-state index is 0.0204. The average molecular weight is 631 g/mol. The number of aromatic nitrogens is 8. The maximum absolute atomic E-state index is 13.3. The third-order valence-electron chi connectivity index (χ3n) is 9.19. The summed E-state index contributed by atoms with van der Waals surface area (Å²) in [5.74, 6) is 1.02. The van der Waals surface area contributed by atoms with Crippen LogP contribution >= 0.6 is 0 Å². The number of rotatable bonds is 7. The van der Waals surface area contributed by atoms with Crippen molar-refractivity contribution in [3.05, 3.63) is 75.1 Å². The Morgan fingerprint density at radius 3 is 2.06 bits per heavy atom. The van der Waals surface area contributed by atoms with Crippen molar-refractivity contribution in [1.29, 1.82) is 0 Å². The van der Waals surface area contributed by atoms with Gasteiger partial charge in [0.1, 0.15) is 22.4 Å². The molecule has 5 heterocycles. The molecule has 0 bridgehead atoms.